The van der Waals surface area contributed by atoms with Gasteiger partial charge in [-0.15, -0.1) is 0 Å². The number of nitrogens with zero attached hydrogens (tertiary/aromatic N) is 1. The summed E-state index contributed by atoms with van der Waals surface area (Å²) < 4.78 is 11.1. The Balaban J connectivity index is 1.48. The summed E-state index contributed by atoms with van der Waals surface area (Å²) >= 11 is 0. The second-order valence-corrected chi connectivity index (χ2v) is 6.80. The van der Waals surface area contributed by atoms with Gasteiger partial charge in [0.15, 0.2) is 11.5 Å². The molecule has 1 fully saturated rings. The number of carbonyl (C=O) groups is 2. The number of hydrogen-bond acceptors (Lipinski definition) is 4. The maximum Gasteiger partial charge on any atom is 0.251 e. The average Bonchev–Trinajstić information content (AvgIpc) is 3.13. The normalized spacial score (nSPS) is 16.9. The predicted molar refractivity (Wildman–Crippen MR) is 101 cm³/mol. The summed E-state index contributed by atoms with van der Waals surface area (Å²) in [5, 5.41) is 3.01. The van der Waals surface area contributed by atoms with E-state index in [2.05, 4.69) is 5.32 Å². The number of benzene rings is 2. The Bertz CT molecular complexity index is 880. The van der Waals surface area contributed by atoms with Gasteiger partial charge in [0.2, 0.25) is 5.91 Å². The Morgan fingerprint density at radius 1 is 1.11 bits per heavy atom. The predicted octanol–water partition coefficient (Wildman–Crippen LogP) is 3.08. The van der Waals surface area contributed by atoms with Crippen LogP contribution < -0.4 is 19.7 Å². The van der Waals surface area contributed by atoms with Gasteiger partial charge in [0, 0.05) is 24.2 Å². The highest BCUT2D eigenvalue weighted by atomic mass is 16.6. The lowest BCUT2D eigenvalue weighted by atomic mass is 10.1. The first kappa shape index (κ1) is 17.4. The Morgan fingerprint density at radius 2 is 1.93 bits per heavy atom. The van der Waals surface area contributed by atoms with Crippen molar-refractivity contribution in [2.45, 2.75) is 25.8 Å². The van der Waals surface area contributed by atoms with Crippen LogP contribution in [0.15, 0.2) is 42.5 Å². The van der Waals surface area contributed by atoms with Crippen molar-refractivity contribution in [3.05, 3.63) is 53.6 Å². The molecule has 0 saturated carbocycles. The molecule has 1 N–H and O–H groups in total. The molecular weight excluding hydrogens is 344 g/mol. The van der Waals surface area contributed by atoms with Crippen molar-refractivity contribution in [2.75, 3.05) is 24.7 Å². The molecule has 2 amide bonds. The number of rotatable bonds is 4. The quantitative estimate of drug-likeness (QED) is 0.903. The average molecular weight is 366 g/mol. The maximum atomic E-state index is 12.7. The van der Waals surface area contributed by atoms with E-state index in [-0.39, 0.29) is 17.9 Å². The van der Waals surface area contributed by atoms with Crippen LogP contribution in [0.1, 0.15) is 41.7 Å². The molecule has 1 atom stereocenters. The molecule has 27 heavy (non-hydrogen) atoms. The summed E-state index contributed by atoms with van der Waals surface area (Å²) in [4.78, 5) is 26.4. The van der Waals surface area contributed by atoms with Gasteiger partial charge in [-0.1, -0.05) is 12.1 Å². The Morgan fingerprint density at radius 3 is 2.70 bits per heavy atom. The largest absolute Gasteiger partial charge is 0.486 e. The first-order chi connectivity index (χ1) is 13.1. The SMILES string of the molecule is C[C@H](NC(=O)c1cccc(N2CCCC2=O)c1)c1ccc2c(c1)OCCO2. The van der Waals surface area contributed by atoms with Crippen LogP contribution in [0.2, 0.25) is 0 Å². The molecule has 2 aliphatic rings. The van der Waals surface area contributed by atoms with Crippen molar-refractivity contribution in [3.63, 3.8) is 0 Å². The van der Waals surface area contributed by atoms with E-state index in [1.807, 2.05) is 37.3 Å². The topological polar surface area (TPSA) is 67.9 Å². The van der Waals surface area contributed by atoms with Crippen LogP contribution in [-0.2, 0) is 4.79 Å². The zero-order chi connectivity index (χ0) is 18.8. The van der Waals surface area contributed by atoms with E-state index in [9.17, 15) is 9.59 Å². The standard InChI is InChI=1S/C21H22N2O4/c1-14(15-7-8-18-19(13-15)27-11-10-26-18)22-21(25)16-4-2-5-17(12-16)23-9-3-6-20(23)24/h2,4-5,7-8,12-14H,3,6,9-11H2,1H3,(H,22,25)/t14-/m0/s1. The first-order valence-corrected chi connectivity index (χ1v) is 9.22. The van der Waals surface area contributed by atoms with Gasteiger partial charge in [0.05, 0.1) is 6.04 Å². The lowest BCUT2D eigenvalue weighted by Gasteiger charge is -2.21. The van der Waals surface area contributed by atoms with Crippen LogP contribution in [0, 0.1) is 0 Å². The molecule has 2 aliphatic heterocycles. The number of amides is 2. The van der Waals surface area contributed by atoms with Gasteiger partial charge in [-0.3, -0.25) is 9.59 Å². The van der Waals surface area contributed by atoms with Crippen LogP contribution >= 0.6 is 0 Å². The van der Waals surface area contributed by atoms with Crippen molar-refractivity contribution >= 4 is 17.5 Å². The summed E-state index contributed by atoms with van der Waals surface area (Å²) in [6.07, 6.45) is 1.42. The molecule has 0 spiro atoms. The number of fused-ring (bicyclic) bond motifs is 1. The molecule has 6 nitrogen and oxygen atoms in total. The zero-order valence-electron chi connectivity index (χ0n) is 15.2. The fraction of sp³-hybridized carbons (Fsp3) is 0.333. The van der Waals surface area contributed by atoms with Crippen molar-refractivity contribution in [2.24, 2.45) is 0 Å². The molecule has 2 aromatic rings. The van der Waals surface area contributed by atoms with Crippen molar-refractivity contribution in [1.82, 2.24) is 5.32 Å². The van der Waals surface area contributed by atoms with E-state index in [0.29, 0.717) is 37.5 Å². The molecule has 2 aromatic carbocycles. The summed E-state index contributed by atoms with van der Waals surface area (Å²) in [5.41, 5.74) is 2.26. The summed E-state index contributed by atoms with van der Waals surface area (Å²) in [7, 11) is 0. The minimum atomic E-state index is -0.189. The number of nitrogens with one attached hydrogen (secondary N) is 1. The molecule has 4 rings (SSSR count). The fourth-order valence-corrected chi connectivity index (χ4v) is 3.43. The Kier molecular flexibility index (Phi) is 4.71. The third-order valence-corrected chi connectivity index (χ3v) is 4.91. The van der Waals surface area contributed by atoms with Crippen molar-refractivity contribution in [1.29, 1.82) is 0 Å². The second-order valence-electron chi connectivity index (χ2n) is 6.80. The van der Waals surface area contributed by atoms with Crippen LogP contribution in [0.4, 0.5) is 5.69 Å². The third kappa shape index (κ3) is 3.60. The molecule has 0 aromatic heterocycles. The Hall–Kier alpha value is -3.02. The molecule has 2 heterocycles. The number of ether oxygens (including phenoxy) is 2. The molecule has 6 heteroatoms. The minimum absolute atomic E-state index is 0.109. The van der Waals surface area contributed by atoms with Gasteiger partial charge in [-0.2, -0.15) is 0 Å². The van der Waals surface area contributed by atoms with E-state index >= 15 is 0 Å². The first-order valence-electron chi connectivity index (χ1n) is 9.22. The highest BCUT2D eigenvalue weighted by Gasteiger charge is 2.23. The van der Waals surface area contributed by atoms with Gasteiger partial charge >= 0.3 is 0 Å². The van der Waals surface area contributed by atoms with E-state index < -0.39 is 0 Å². The lowest BCUT2D eigenvalue weighted by Crippen LogP contribution is -2.28. The highest BCUT2D eigenvalue weighted by Crippen LogP contribution is 2.32. The maximum absolute atomic E-state index is 12.7. The number of hydrogen-bond donors (Lipinski definition) is 1. The summed E-state index contributed by atoms with van der Waals surface area (Å²) in [6, 6.07) is 12.7. The second kappa shape index (κ2) is 7.31. The summed E-state index contributed by atoms with van der Waals surface area (Å²) in [5.74, 6) is 1.36. The van der Waals surface area contributed by atoms with Gasteiger partial charge < -0.3 is 19.7 Å². The molecule has 0 aliphatic carbocycles. The molecule has 0 unspecified atom stereocenters. The van der Waals surface area contributed by atoms with Crippen LogP contribution in [-0.4, -0.2) is 31.6 Å². The number of carbonyl (C=O) groups excluding carboxylic acids is 2. The molecule has 0 bridgehead atoms. The number of anilines is 1. The van der Waals surface area contributed by atoms with E-state index in [4.69, 9.17) is 9.47 Å². The summed E-state index contributed by atoms with van der Waals surface area (Å²) in [6.45, 7) is 3.71. The van der Waals surface area contributed by atoms with Crippen molar-refractivity contribution < 1.29 is 19.1 Å². The fourth-order valence-electron chi connectivity index (χ4n) is 3.43. The molecule has 0 radical (unpaired) electrons. The van der Waals surface area contributed by atoms with Crippen LogP contribution in [0.3, 0.4) is 0 Å². The van der Waals surface area contributed by atoms with Gasteiger partial charge in [0.1, 0.15) is 13.2 Å². The molecule has 1 saturated heterocycles. The van der Waals surface area contributed by atoms with Crippen LogP contribution in [0.5, 0.6) is 11.5 Å². The zero-order valence-corrected chi connectivity index (χ0v) is 15.2. The smallest absolute Gasteiger partial charge is 0.251 e. The third-order valence-electron chi connectivity index (χ3n) is 4.91. The van der Waals surface area contributed by atoms with E-state index in [1.165, 1.54) is 0 Å². The van der Waals surface area contributed by atoms with E-state index in [0.717, 1.165) is 23.4 Å². The van der Waals surface area contributed by atoms with E-state index in [1.54, 1.807) is 17.0 Å². The van der Waals surface area contributed by atoms with Crippen LogP contribution in [0.25, 0.3) is 0 Å². The molecule has 140 valence electrons. The molecular formula is C21H22N2O4. The van der Waals surface area contributed by atoms with Gasteiger partial charge in [-0.05, 0) is 49.2 Å². The minimum Gasteiger partial charge on any atom is -0.486 e. The van der Waals surface area contributed by atoms with Crippen molar-refractivity contribution in [3.8, 4) is 11.5 Å². The highest BCUT2D eigenvalue weighted by molar-refractivity contribution is 5.99. The lowest BCUT2D eigenvalue weighted by molar-refractivity contribution is -0.117. The monoisotopic (exact) mass is 366 g/mol. The Labute approximate surface area is 158 Å². The van der Waals surface area contributed by atoms with Gasteiger partial charge in [-0.25, -0.2) is 0 Å². The van der Waals surface area contributed by atoms with Gasteiger partial charge in [0.25, 0.3) is 5.91 Å².